The predicted octanol–water partition coefficient (Wildman–Crippen LogP) is 3.77. The van der Waals surface area contributed by atoms with Crippen molar-refractivity contribution in [3.05, 3.63) is 83.0 Å². The number of nitrogens with one attached hydrogen (secondary N) is 2. The van der Waals surface area contributed by atoms with Crippen molar-refractivity contribution in [2.24, 2.45) is 10.7 Å². The predicted molar refractivity (Wildman–Crippen MR) is 156 cm³/mol. The Kier molecular flexibility index (Phi) is 10.5. The lowest BCUT2D eigenvalue weighted by Gasteiger charge is -2.34. The third-order valence-corrected chi connectivity index (χ3v) is 6.95. The number of carbonyl (C=O) groups is 2. The Balaban J connectivity index is 0.000000220. The van der Waals surface area contributed by atoms with Crippen LogP contribution in [0.25, 0.3) is 10.8 Å². The first-order chi connectivity index (χ1) is 17.9. The van der Waals surface area contributed by atoms with Gasteiger partial charge in [-0.3, -0.25) is 14.6 Å². The van der Waals surface area contributed by atoms with E-state index < -0.39 is 5.91 Å². The first-order valence-corrected chi connectivity index (χ1v) is 13.0. The highest BCUT2D eigenvalue weighted by Crippen LogP contribution is 2.22. The number of benzene rings is 3. The number of aliphatic imine (C=N–C) groups is 1. The van der Waals surface area contributed by atoms with Crippen molar-refractivity contribution in [3.63, 3.8) is 0 Å². The summed E-state index contributed by atoms with van der Waals surface area (Å²) in [4.78, 5) is 30.1. The molecule has 0 unspecified atom stereocenters. The summed E-state index contributed by atoms with van der Waals surface area (Å²) in [6.07, 6.45) is 0.883. The molecule has 1 fully saturated rings. The summed E-state index contributed by atoms with van der Waals surface area (Å²) in [5, 5.41) is 9.18. The van der Waals surface area contributed by atoms with Crippen molar-refractivity contribution in [2.45, 2.75) is 0 Å². The average Bonchev–Trinajstić information content (AvgIpc) is 2.93. The summed E-state index contributed by atoms with van der Waals surface area (Å²) in [6.45, 7) is 7.72. The minimum atomic E-state index is -0.599. The van der Waals surface area contributed by atoms with E-state index in [0.29, 0.717) is 10.9 Å². The Morgan fingerprint density at radius 1 is 1.05 bits per heavy atom. The number of rotatable bonds is 9. The highest BCUT2D eigenvalue weighted by atomic mass is 32.2. The van der Waals surface area contributed by atoms with Gasteiger partial charge in [0.2, 0.25) is 0 Å². The molecule has 0 spiro atoms. The summed E-state index contributed by atoms with van der Waals surface area (Å²) in [7, 11) is 3.86. The molecule has 0 aliphatic carbocycles. The molecule has 8 nitrogen and oxygen atoms in total. The number of hydrogen-bond donors (Lipinski definition) is 3. The highest BCUT2D eigenvalue weighted by molar-refractivity contribution is 8.03. The Morgan fingerprint density at radius 3 is 2.32 bits per heavy atom. The minimum absolute atomic E-state index is 0.146. The maximum atomic E-state index is 11.3. The Bertz CT molecular complexity index is 1240. The van der Waals surface area contributed by atoms with E-state index >= 15 is 0 Å². The van der Waals surface area contributed by atoms with Gasteiger partial charge in [0.05, 0.1) is 5.88 Å². The van der Waals surface area contributed by atoms with E-state index in [1.807, 2.05) is 42.5 Å². The second-order valence-corrected chi connectivity index (χ2v) is 9.46. The zero-order valence-electron chi connectivity index (χ0n) is 21.3. The van der Waals surface area contributed by atoms with Crippen LogP contribution in [0, 0.1) is 0 Å². The van der Waals surface area contributed by atoms with Gasteiger partial charge in [-0.25, -0.2) is 0 Å². The number of nitrogens with zero attached hydrogens (tertiary/aromatic N) is 3. The molecule has 194 valence electrons. The van der Waals surface area contributed by atoms with E-state index in [4.69, 9.17) is 5.73 Å². The van der Waals surface area contributed by atoms with Crippen LogP contribution in [-0.2, 0) is 4.79 Å². The lowest BCUT2D eigenvalue weighted by Crippen LogP contribution is -2.44. The van der Waals surface area contributed by atoms with E-state index in [1.165, 1.54) is 28.2 Å². The lowest BCUT2D eigenvalue weighted by atomic mass is 10.1. The van der Waals surface area contributed by atoms with Crippen molar-refractivity contribution in [3.8, 4) is 0 Å². The van der Waals surface area contributed by atoms with E-state index in [9.17, 15) is 9.59 Å². The Labute approximate surface area is 222 Å². The molecule has 1 heterocycles. The summed E-state index contributed by atoms with van der Waals surface area (Å²) < 4.78 is 0. The SMILES string of the molecule is C=N/C(C(N)=O)=C(/NC)SCNc1ccc2ccccc2c1.CN1CCN(c2ccc(C=O)cc2)CC1. The van der Waals surface area contributed by atoms with Crippen molar-refractivity contribution in [1.29, 1.82) is 0 Å². The Morgan fingerprint density at radius 2 is 1.73 bits per heavy atom. The number of aldehydes is 1. The molecule has 1 aliphatic rings. The number of anilines is 2. The number of nitrogens with two attached hydrogens (primary N) is 1. The van der Waals surface area contributed by atoms with Crippen molar-refractivity contribution < 1.29 is 9.59 Å². The van der Waals surface area contributed by atoms with Crippen LogP contribution in [0.4, 0.5) is 11.4 Å². The quantitative estimate of drug-likeness (QED) is 0.172. The molecule has 1 aliphatic heterocycles. The Hall–Kier alpha value is -3.82. The van der Waals surface area contributed by atoms with Crippen LogP contribution in [0.15, 0.2) is 82.4 Å². The van der Waals surface area contributed by atoms with Gasteiger partial charge in [0.1, 0.15) is 11.3 Å². The third-order valence-electron chi connectivity index (χ3n) is 5.97. The maximum absolute atomic E-state index is 11.3. The smallest absolute Gasteiger partial charge is 0.269 e. The topological polar surface area (TPSA) is 103 Å². The van der Waals surface area contributed by atoms with Gasteiger partial charge in [-0.2, -0.15) is 0 Å². The number of hydrogen-bond acceptors (Lipinski definition) is 8. The first kappa shape index (κ1) is 27.8. The second kappa shape index (κ2) is 14.1. The van der Waals surface area contributed by atoms with Gasteiger partial charge in [0.25, 0.3) is 5.91 Å². The molecule has 0 radical (unpaired) electrons. The van der Waals surface area contributed by atoms with E-state index in [-0.39, 0.29) is 5.70 Å². The molecule has 0 bridgehead atoms. The third kappa shape index (κ3) is 8.09. The minimum Gasteiger partial charge on any atom is -0.381 e. The van der Waals surface area contributed by atoms with Gasteiger partial charge in [0, 0.05) is 50.2 Å². The number of primary amides is 1. The summed E-state index contributed by atoms with van der Waals surface area (Å²) in [5.41, 5.74) is 8.38. The molecule has 1 saturated heterocycles. The fourth-order valence-electron chi connectivity index (χ4n) is 3.84. The van der Waals surface area contributed by atoms with Gasteiger partial charge in [-0.15, -0.1) is 0 Å². The molecular formula is C28H34N6O2S. The summed E-state index contributed by atoms with van der Waals surface area (Å²) in [5.74, 6) is -0.0292. The number of carbonyl (C=O) groups excluding carboxylic acids is 2. The number of amides is 1. The standard InChI is InChI=1S/C16H18N4OS.C12H16N2O/c1-18-14(15(17)21)16(19-2)22-10-20-13-8-7-11-5-3-4-6-12(11)9-13;1-13-6-8-14(9-7-13)12-4-2-11(10-15)3-5-12/h3-9,19-20H,1,10H2,2H3,(H2,17,21);2-5,10H,6-9H2,1H3/b16-14-;. The van der Waals surface area contributed by atoms with Crippen LogP contribution in [-0.4, -0.2) is 70.0 Å². The zero-order valence-corrected chi connectivity index (χ0v) is 22.1. The largest absolute Gasteiger partial charge is 0.381 e. The fourth-order valence-corrected chi connectivity index (χ4v) is 4.67. The number of fused-ring (bicyclic) bond motifs is 1. The number of likely N-dealkylation sites (N-methyl/N-ethyl adjacent to an activating group) is 1. The molecule has 3 aromatic carbocycles. The van der Waals surface area contributed by atoms with Crippen LogP contribution in [0.5, 0.6) is 0 Å². The van der Waals surface area contributed by atoms with Crippen LogP contribution in [0.3, 0.4) is 0 Å². The monoisotopic (exact) mass is 518 g/mol. The summed E-state index contributed by atoms with van der Waals surface area (Å²) >= 11 is 1.41. The lowest BCUT2D eigenvalue weighted by molar-refractivity contribution is -0.114. The van der Waals surface area contributed by atoms with Crippen LogP contribution < -0.4 is 21.3 Å². The molecule has 0 saturated carbocycles. The van der Waals surface area contributed by atoms with Gasteiger partial charge in [-0.05, 0) is 60.9 Å². The molecule has 0 atom stereocenters. The highest BCUT2D eigenvalue weighted by Gasteiger charge is 2.13. The normalized spacial score (nSPS) is 14.2. The summed E-state index contributed by atoms with van der Waals surface area (Å²) in [6, 6.07) is 22.1. The molecule has 4 N–H and O–H groups in total. The van der Waals surface area contributed by atoms with Gasteiger partial charge in [0.15, 0.2) is 5.70 Å². The molecule has 37 heavy (non-hydrogen) atoms. The van der Waals surface area contributed by atoms with Crippen molar-refractivity contribution in [1.82, 2.24) is 10.2 Å². The van der Waals surface area contributed by atoms with Crippen LogP contribution in [0.2, 0.25) is 0 Å². The molecule has 4 rings (SSSR count). The second-order valence-electron chi connectivity index (χ2n) is 8.48. The van der Waals surface area contributed by atoms with Crippen molar-refractivity contribution in [2.75, 3.05) is 56.4 Å². The van der Waals surface area contributed by atoms with Gasteiger partial charge >= 0.3 is 0 Å². The molecule has 0 aromatic heterocycles. The number of thioether (sulfide) groups is 1. The van der Waals surface area contributed by atoms with E-state index in [1.54, 1.807) is 7.05 Å². The van der Waals surface area contributed by atoms with Gasteiger partial charge < -0.3 is 26.2 Å². The molecule has 3 aromatic rings. The number of piperazine rings is 1. The van der Waals surface area contributed by atoms with E-state index in [2.05, 4.69) is 63.5 Å². The molecule has 1 amide bonds. The zero-order chi connectivity index (χ0) is 26.6. The first-order valence-electron chi connectivity index (χ1n) is 12.0. The fraction of sp³-hybridized carbons (Fsp3) is 0.250. The van der Waals surface area contributed by atoms with E-state index in [0.717, 1.165) is 43.7 Å². The molecular weight excluding hydrogens is 484 g/mol. The van der Waals surface area contributed by atoms with Crippen LogP contribution >= 0.6 is 11.8 Å². The molecule has 9 heteroatoms. The van der Waals surface area contributed by atoms with Gasteiger partial charge in [-0.1, -0.05) is 42.1 Å². The van der Waals surface area contributed by atoms with Crippen LogP contribution in [0.1, 0.15) is 10.4 Å². The van der Waals surface area contributed by atoms with Crippen molar-refractivity contribution >= 4 is 52.8 Å². The maximum Gasteiger partial charge on any atom is 0.269 e. The average molecular weight is 519 g/mol.